The van der Waals surface area contributed by atoms with Crippen molar-refractivity contribution in [3.05, 3.63) is 30.3 Å². The van der Waals surface area contributed by atoms with Gasteiger partial charge in [0.1, 0.15) is 11.9 Å². The zero-order valence-corrected chi connectivity index (χ0v) is 7.97. The van der Waals surface area contributed by atoms with E-state index in [1.807, 2.05) is 37.3 Å². The van der Waals surface area contributed by atoms with E-state index in [9.17, 15) is 4.79 Å². The van der Waals surface area contributed by atoms with Gasteiger partial charge in [-0.3, -0.25) is 0 Å². The second-order valence-electron chi connectivity index (χ2n) is 3.40. The zero-order chi connectivity index (χ0) is 9.97. The molecular weight excluding hydrogens is 180 g/mol. The number of carbonyl (C=O) groups excluding carboxylic acids is 1. The average molecular weight is 192 g/mol. The van der Waals surface area contributed by atoms with E-state index in [1.165, 1.54) is 0 Å². The number of hydrogen-bond donors (Lipinski definition) is 0. The summed E-state index contributed by atoms with van der Waals surface area (Å²) < 4.78 is 10.5. The monoisotopic (exact) mass is 192 g/mol. The molecule has 1 heterocycles. The van der Waals surface area contributed by atoms with E-state index in [2.05, 4.69) is 0 Å². The highest BCUT2D eigenvalue weighted by molar-refractivity contribution is 5.77. The maximum atomic E-state index is 11.2. The van der Waals surface area contributed by atoms with E-state index in [-0.39, 0.29) is 12.1 Å². The molecule has 1 aliphatic heterocycles. The van der Waals surface area contributed by atoms with Crippen molar-refractivity contribution in [3.8, 4) is 5.75 Å². The highest BCUT2D eigenvalue weighted by atomic mass is 16.6. The molecule has 0 N–H and O–H groups in total. The predicted molar refractivity (Wildman–Crippen MR) is 51.0 cm³/mol. The van der Waals surface area contributed by atoms with Crippen LogP contribution in [0.3, 0.4) is 0 Å². The quantitative estimate of drug-likeness (QED) is 0.670. The molecule has 2 atom stereocenters. The van der Waals surface area contributed by atoms with Gasteiger partial charge < -0.3 is 9.47 Å². The van der Waals surface area contributed by atoms with E-state index in [0.717, 1.165) is 0 Å². The Balaban J connectivity index is 2.02. The molecule has 14 heavy (non-hydrogen) atoms. The van der Waals surface area contributed by atoms with Gasteiger partial charge in [0.05, 0.1) is 0 Å². The Morgan fingerprint density at radius 3 is 2.64 bits per heavy atom. The first-order valence-corrected chi connectivity index (χ1v) is 4.68. The highest BCUT2D eigenvalue weighted by Gasteiger charge is 2.33. The van der Waals surface area contributed by atoms with Gasteiger partial charge in [-0.05, 0) is 19.1 Å². The van der Waals surface area contributed by atoms with Gasteiger partial charge >= 0.3 is 5.97 Å². The minimum absolute atomic E-state index is 0.0313. The lowest BCUT2D eigenvalue weighted by atomic mass is 10.2. The minimum atomic E-state index is -0.438. The lowest BCUT2D eigenvalue weighted by Crippen LogP contribution is -2.21. The van der Waals surface area contributed by atoms with Gasteiger partial charge in [0.25, 0.3) is 0 Å². The molecule has 0 unspecified atom stereocenters. The van der Waals surface area contributed by atoms with Crippen molar-refractivity contribution in [2.45, 2.75) is 25.6 Å². The van der Waals surface area contributed by atoms with Crippen molar-refractivity contribution < 1.29 is 14.3 Å². The number of rotatable bonds is 2. The van der Waals surface area contributed by atoms with Crippen molar-refractivity contribution in [2.75, 3.05) is 0 Å². The number of ether oxygens (including phenoxy) is 2. The number of para-hydroxylation sites is 1. The Bertz CT molecular complexity index is 321. The molecule has 0 bridgehead atoms. The van der Waals surface area contributed by atoms with Crippen LogP contribution in [0.25, 0.3) is 0 Å². The molecule has 0 saturated carbocycles. The third kappa shape index (κ3) is 1.87. The Morgan fingerprint density at radius 1 is 1.36 bits per heavy atom. The fourth-order valence-electron chi connectivity index (χ4n) is 1.48. The van der Waals surface area contributed by atoms with Crippen molar-refractivity contribution in [3.63, 3.8) is 0 Å². The van der Waals surface area contributed by atoms with Gasteiger partial charge in [-0.2, -0.15) is 0 Å². The lowest BCUT2D eigenvalue weighted by Gasteiger charge is -2.08. The Kier molecular flexibility index (Phi) is 2.39. The van der Waals surface area contributed by atoms with Crippen LogP contribution >= 0.6 is 0 Å². The van der Waals surface area contributed by atoms with E-state index in [4.69, 9.17) is 9.47 Å². The van der Waals surface area contributed by atoms with Crippen LogP contribution in [0.5, 0.6) is 5.75 Å². The zero-order valence-electron chi connectivity index (χ0n) is 7.97. The molecule has 0 spiro atoms. The second-order valence-corrected chi connectivity index (χ2v) is 3.40. The number of esters is 1. The first kappa shape index (κ1) is 9.06. The number of hydrogen-bond acceptors (Lipinski definition) is 3. The molecule has 0 aliphatic carbocycles. The Morgan fingerprint density at radius 2 is 2.07 bits per heavy atom. The van der Waals surface area contributed by atoms with Crippen LogP contribution in [0.15, 0.2) is 30.3 Å². The Hall–Kier alpha value is -1.51. The topological polar surface area (TPSA) is 35.5 Å². The molecule has 1 fully saturated rings. The molecule has 1 aliphatic rings. The molecular formula is C11H12O3. The molecule has 0 aromatic heterocycles. The normalized spacial score (nSPS) is 25.9. The number of carbonyl (C=O) groups is 1. The lowest BCUT2D eigenvalue weighted by molar-refractivity contribution is -0.145. The maximum Gasteiger partial charge on any atom is 0.347 e. The molecule has 3 heteroatoms. The SMILES string of the molecule is C[C@@H]1C[C@H](Oc2ccccc2)C(=O)O1. The molecule has 2 rings (SSSR count). The van der Waals surface area contributed by atoms with Gasteiger partial charge in [0.2, 0.25) is 0 Å². The standard InChI is InChI=1S/C11H12O3/c1-8-7-10(11(12)13-8)14-9-5-3-2-4-6-9/h2-6,8,10H,7H2,1H3/t8-,10+/m1/s1. The van der Waals surface area contributed by atoms with Crippen LogP contribution in [-0.4, -0.2) is 18.2 Å². The third-order valence-corrected chi connectivity index (χ3v) is 2.15. The predicted octanol–water partition coefficient (Wildman–Crippen LogP) is 1.77. The van der Waals surface area contributed by atoms with Crippen molar-refractivity contribution in [1.82, 2.24) is 0 Å². The third-order valence-electron chi connectivity index (χ3n) is 2.15. The van der Waals surface area contributed by atoms with Crippen LogP contribution in [0, 0.1) is 0 Å². The molecule has 1 aromatic rings. The van der Waals surface area contributed by atoms with Gasteiger partial charge in [0.15, 0.2) is 6.10 Å². The molecule has 1 saturated heterocycles. The summed E-state index contributed by atoms with van der Waals surface area (Å²) in [6.07, 6.45) is 0.164. The van der Waals surface area contributed by atoms with E-state index in [1.54, 1.807) is 0 Å². The van der Waals surface area contributed by atoms with Crippen LogP contribution < -0.4 is 4.74 Å². The van der Waals surface area contributed by atoms with Gasteiger partial charge in [0, 0.05) is 6.42 Å². The fourth-order valence-corrected chi connectivity index (χ4v) is 1.48. The maximum absolute atomic E-state index is 11.2. The van der Waals surface area contributed by atoms with Crippen LogP contribution in [0.4, 0.5) is 0 Å². The van der Waals surface area contributed by atoms with Crippen LogP contribution in [0.1, 0.15) is 13.3 Å². The van der Waals surface area contributed by atoms with Crippen molar-refractivity contribution in [1.29, 1.82) is 0 Å². The average Bonchev–Trinajstić information content (AvgIpc) is 2.47. The molecule has 74 valence electrons. The summed E-state index contributed by atoms with van der Waals surface area (Å²) in [5.41, 5.74) is 0. The summed E-state index contributed by atoms with van der Waals surface area (Å²) in [6, 6.07) is 9.31. The summed E-state index contributed by atoms with van der Waals surface area (Å²) in [4.78, 5) is 11.2. The highest BCUT2D eigenvalue weighted by Crippen LogP contribution is 2.20. The largest absolute Gasteiger partial charge is 0.479 e. The molecule has 1 aromatic carbocycles. The van der Waals surface area contributed by atoms with Gasteiger partial charge in [-0.1, -0.05) is 18.2 Å². The first-order chi connectivity index (χ1) is 6.75. The fraction of sp³-hybridized carbons (Fsp3) is 0.364. The minimum Gasteiger partial charge on any atom is -0.479 e. The summed E-state index contributed by atoms with van der Waals surface area (Å²) in [5.74, 6) is 0.449. The van der Waals surface area contributed by atoms with Crippen LogP contribution in [0.2, 0.25) is 0 Å². The summed E-state index contributed by atoms with van der Waals surface area (Å²) in [6.45, 7) is 1.87. The number of cyclic esters (lactones) is 1. The summed E-state index contributed by atoms with van der Waals surface area (Å²) in [7, 11) is 0. The summed E-state index contributed by atoms with van der Waals surface area (Å²) in [5, 5.41) is 0. The molecule has 0 amide bonds. The second kappa shape index (κ2) is 3.70. The number of benzene rings is 1. The van der Waals surface area contributed by atoms with E-state index in [0.29, 0.717) is 12.2 Å². The van der Waals surface area contributed by atoms with Crippen molar-refractivity contribution in [2.24, 2.45) is 0 Å². The van der Waals surface area contributed by atoms with E-state index < -0.39 is 6.10 Å². The first-order valence-electron chi connectivity index (χ1n) is 4.68. The molecule has 3 nitrogen and oxygen atoms in total. The van der Waals surface area contributed by atoms with Gasteiger partial charge in [-0.15, -0.1) is 0 Å². The van der Waals surface area contributed by atoms with Gasteiger partial charge in [-0.25, -0.2) is 4.79 Å². The van der Waals surface area contributed by atoms with Crippen LogP contribution in [-0.2, 0) is 9.53 Å². The smallest absolute Gasteiger partial charge is 0.347 e. The van der Waals surface area contributed by atoms with E-state index >= 15 is 0 Å². The molecule has 0 radical (unpaired) electrons. The summed E-state index contributed by atoms with van der Waals surface area (Å²) >= 11 is 0. The van der Waals surface area contributed by atoms with Crippen molar-refractivity contribution >= 4 is 5.97 Å². The Labute approximate surface area is 82.6 Å².